The van der Waals surface area contributed by atoms with Crippen LogP contribution in [-0.4, -0.2) is 50.8 Å². The Kier molecular flexibility index (Phi) is 5.35. The molecule has 1 unspecified atom stereocenters. The Morgan fingerprint density at radius 3 is 2.14 bits per heavy atom. The third-order valence-corrected chi connectivity index (χ3v) is 6.37. The van der Waals surface area contributed by atoms with E-state index in [9.17, 15) is 8.42 Å². The van der Waals surface area contributed by atoms with E-state index in [2.05, 4.69) is 17.5 Å². The Morgan fingerprint density at radius 2 is 1.71 bits per heavy atom. The summed E-state index contributed by atoms with van der Waals surface area (Å²) in [5.74, 6) is 0. The van der Waals surface area contributed by atoms with Crippen LogP contribution in [0.25, 0.3) is 0 Å². The Hall–Kier alpha value is -0.560. The zero-order valence-electron chi connectivity index (χ0n) is 12.9. The van der Waals surface area contributed by atoms with Gasteiger partial charge in [0.2, 0.25) is 10.0 Å². The van der Waals surface area contributed by atoms with Crippen LogP contribution < -0.4 is 0 Å². The molecule has 0 spiro atoms. The standard InChI is InChI=1S/C15H24N2O2S2/c1-12(20)13-4-6-15(7-5-13)21(18,19)17-10-8-14(9-11-17)16(2)3/h4-7,12,14,20H,8-11H2,1-3H3. The SMILES string of the molecule is CC(S)c1ccc(S(=O)(=O)N2CCC(N(C)C)CC2)cc1. The van der Waals surface area contributed by atoms with Crippen molar-refractivity contribution in [1.29, 1.82) is 0 Å². The molecule has 1 saturated heterocycles. The highest BCUT2D eigenvalue weighted by atomic mass is 32.2. The van der Waals surface area contributed by atoms with Crippen molar-refractivity contribution in [2.45, 2.75) is 36.0 Å². The fourth-order valence-electron chi connectivity index (χ4n) is 2.67. The maximum absolute atomic E-state index is 12.6. The number of thiol groups is 1. The van der Waals surface area contributed by atoms with Crippen LogP contribution in [0.15, 0.2) is 29.2 Å². The maximum Gasteiger partial charge on any atom is 0.243 e. The number of benzene rings is 1. The molecule has 1 aromatic carbocycles. The molecule has 2 rings (SSSR count). The van der Waals surface area contributed by atoms with Crippen molar-refractivity contribution in [3.8, 4) is 0 Å². The van der Waals surface area contributed by atoms with Crippen LogP contribution in [0, 0.1) is 0 Å². The second-order valence-electron chi connectivity index (χ2n) is 5.84. The summed E-state index contributed by atoms with van der Waals surface area (Å²) in [7, 11) is 0.732. The van der Waals surface area contributed by atoms with Crippen LogP contribution in [-0.2, 0) is 10.0 Å². The van der Waals surface area contributed by atoms with Crippen molar-refractivity contribution < 1.29 is 8.42 Å². The lowest BCUT2D eigenvalue weighted by atomic mass is 10.1. The second-order valence-corrected chi connectivity index (χ2v) is 8.56. The molecule has 118 valence electrons. The number of sulfonamides is 1. The minimum Gasteiger partial charge on any atom is -0.306 e. The van der Waals surface area contributed by atoms with Gasteiger partial charge in [-0.05, 0) is 51.6 Å². The topological polar surface area (TPSA) is 40.6 Å². The molecule has 0 amide bonds. The molecule has 1 aliphatic rings. The molecular weight excluding hydrogens is 304 g/mol. The fourth-order valence-corrected chi connectivity index (χ4v) is 4.31. The van der Waals surface area contributed by atoms with Gasteiger partial charge in [-0.15, -0.1) is 0 Å². The average Bonchev–Trinajstić information content (AvgIpc) is 2.47. The Balaban J connectivity index is 2.12. The van der Waals surface area contributed by atoms with Crippen molar-refractivity contribution >= 4 is 22.7 Å². The molecule has 6 heteroatoms. The monoisotopic (exact) mass is 328 g/mol. The van der Waals surface area contributed by atoms with E-state index >= 15 is 0 Å². The predicted octanol–water partition coefficient (Wildman–Crippen LogP) is 2.39. The predicted molar refractivity (Wildman–Crippen MR) is 89.3 cm³/mol. The van der Waals surface area contributed by atoms with Gasteiger partial charge in [0.25, 0.3) is 0 Å². The van der Waals surface area contributed by atoms with Gasteiger partial charge in [0.15, 0.2) is 0 Å². The lowest BCUT2D eigenvalue weighted by molar-refractivity contribution is 0.196. The zero-order valence-corrected chi connectivity index (χ0v) is 14.6. The van der Waals surface area contributed by atoms with Crippen molar-refractivity contribution in [2.24, 2.45) is 0 Å². The molecule has 0 aliphatic carbocycles. The summed E-state index contributed by atoms with van der Waals surface area (Å²) in [6, 6.07) is 7.54. The number of piperidine rings is 1. The van der Waals surface area contributed by atoms with E-state index < -0.39 is 10.0 Å². The summed E-state index contributed by atoms with van der Waals surface area (Å²) < 4.78 is 26.9. The van der Waals surface area contributed by atoms with Gasteiger partial charge in [-0.25, -0.2) is 8.42 Å². The van der Waals surface area contributed by atoms with Gasteiger partial charge in [0.1, 0.15) is 0 Å². The van der Waals surface area contributed by atoms with Crippen molar-refractivity contribution in [1.82, 2.24) is 9.21 Å². The fraction of sp³-hybridized carbons (Fsp3) is 0.600. The van der Waals surface area contributed by atoms with Crippen LogP contribution in [0.5, 0.6) is 0 Å². The highest BCUT2D eigenvalue weighted by molar-refractivity contribution is 7.89. The Labute approximate surface area is 133 Å². The van der Waals surface area contributed by atoms with E-state index in [-0.39, 0.29) is 5.25 Å². The summed E-state index contributed by atoms with van der Waals surface area (Å²) in [5, 5.41) is 0.109. The molecule has 0 N–H and O–H groups in total. The lowest BCUT2D eigenvalue weighted by Crippen LogP contribution is -2.44. The van der Waals surface area contributed by atoms with Crippen molar-refractivity contribution in [3.63, 3.8) is 0 Å². The Bertz CT molecular complexity index is 560. The van der Waals surface area contributed by atoms with Gasteiger partial charge in [-0.1, -0.05) is 12.1 Å². The van der Waals surface area contributed by atoms with Crippen molar-refractivity contribution in [3.05, 3.63) is 29.8 Å². The maximum atomic E-state index is 12.6. The first-order valence-electron chi connectivity index (χ1n) is 7.27. The van der Waals surface area contributed by atoms with Gasteiger partial charge in [-0.3, -0.25) is 0 Å². The lowest BCUT2D eigenvalue weighted by Gasteiger charge is -2.34. The molecule has 21 heavy (non-hydrogen) atoms. The molecule has 0 aromatic heterocycles. The van der Waals surface area contributed by atoms with Gasteiger partial charge in [0.05, 0.1) is 4.90 Å². The van der Waals surface area contributed by atoms with Gasteiger partial charge >= 0.3 is 0 Å². The Morgan fingerprint density at radius 1 is 1.19 bits per heavy atom. The van der Waals surface area contributed by atoms with Gasteiger partial charge in [0, 0.05) is 24.4 Å². The van der Waals surface area contributed by atoms with Crippen molar-refractivity contribution in [2.75, 3.05) is 27.2 Å². The second kappa shape index (κ2) is 6.69. The number of rotatable bonds is 4. The van der Waals surface area contributed by atoms with Gasteiger partial charge < -0.3 is 4.90 Å². The molecule has 1 aromatic rings. The molecule has 1 aliphatic heterocycles. The first-order valence-corrected chi connectivity index (χ1v) is 9.22. The minimum atomic E-state index is -3.36. The minimum absolute atomic E-state index is 0.109. The van der Waals surface area contributed by atoms with E-state index in [4.69, 9.17) is 0 Å². The van der Waals surface area contributed by atoms with Crippen LogP contribution >= 0.6 is 12.6 Å². The number of hydrogen-bond donors (Lipinski definition) is 1. The summed E-state index contributed by atoms with van der Waals surface area (Å²) >= 11 is 4.36. The van der Waals surface area contributed by atoms with Crippen LogP contribution in [0.1, 0.15) is 30.6 Å². The molecule has 0 radical (unpaired) electrons. The summed E-state index contributed by atoms with van der Waals surface area (Å²) in [6.45, 7) is 3.16. The van der Waals surface area contributed by atoms with E-state index in [0.717, 1.165) is 18.4 Å². The van der Waals surface area contributed by atoms with Crippen LogP contribution in [0.3, 0.4) is 0 Å². The third kappa shape index (κ3) is 3.80. The summed E-state index contributed by atoms with van der Waals surface area (Å²) in [4.78, 5) is 2.55. The molecule has 1 atom stereocenters. The zero-order chi connectivity index (χ0) is 15.6. The van der Waals surface area contributed by atoms with E-state index in [1.165, 1.54) is 0 Å². The third-order valence-electron chi connectivity index (χ3n) is 4.15. The summed E-state index contributed by atoms with van der Waals surface area (Å²) in [5.41, 5.74) is 1.03. The molecule has 4 nitrogen and oxygen atoms in total. The molecule has 1 fully saturated rings. The molecule has 0 bridgehead atoms. The first-order chi connectivity index (χ1) is 9.82. The smallest absolute Gasteiger partial charge is 0.243 e. The van der Waals surface area contributed by atoms with Crippen LogP contribution in [0.2, 0.25) is 0 Å². The van der Waals surface area contributed by atoms with E-state index in [0.29, 0.717) is 24.0 Å². The van der Waals surface area contributed by atoms with E-state index in [1.807, 2.05) is 33.2 Å². The normalized spacial score (nSPS) is 19.9. The highest BCUT2D eigenvalue weighted by Crippen LogP contribution is 2.25. The average molecular weight is 329 g/mol. The van der Waals surface area contributed by atoms with Gasteiger partial charge in [-0.2, -0.15) is 16.9 Å². The summed E-state index contributed by atoms with van der Waals surface area (Å²) in [6.07, 6.45) is 1.77. The largest absolute Gasteiger partial charge is 0.306 e. The molecule has 0 saturated carbocycles. The first kappa shape index (κ1) is 16.8. The quantitative estimate of drug-likeness (QED) is 0.863. The number of hydrogen-bond acceptors (Lipinski definition) is 4. The highest BCUT2D eigenvalue weighted by Gasteiger charge is 2.29. The number of nitrogens with zero attached hydrogens (tertiary/aromatic N) is 2. The molecule has 1 heterocycles. The molecular formula is C15H24N2O2S2. The van der Waals surface area contributed by atoms with Crippen LogP contribution in [0.4, 0.5) is 0 Å². The van der Waals surface area contributed by atoms with E-state index in [1.54, 1.807) is 16.4 Å².